The lowest BCUT2D eigenvalue weighted by Crippen LogP contribution is -2.33. The van der Waals surface area contributed by atoms with Crippen molar-refractivity contribution < 1.29 is 18.7 Å². The van der Waals surface area contributed by atoms with Gasteiger partial charge in [-0.1, -0.05) is 11.6 Å². The van der Waals surface area contributed by atoms with Crippen molar-refractivity contribution in [3.63, 3.8) is 0 Å². The fraction of sp³-hybridized carbons (Fsp3) is 0.350. The number of nitrogens with zero attached hydrogens (tertiary/aromatic N) is 1. The largest absolute Gasteiger partial charge is 0.493 e. The van der Waals surface area contributed by atoms with Gasteiger partial charge in [0, 0.05) is 12.6 Å². The molecule has 1 aromatic carbocycles. The van der Waals surface area contributed by atoms with Gasteiger partial charge in [-0.2, -0.15) is 0 Å². The molecule has 0 aliphatic heterocycles. The van der Waals surface area contributed by atoms with Crippen molar-refractivity contribution in [1.82, 2.24) is 10.2 Å². The van der Waals surface area contributed by atoms with Crippen molar-refractivity contribution >= 4 is 23.6 Å². The standard InChI is InChI=1S/C20H25ClN2O4/c1-5-26-20-15(21)11-14(12-18(20)25-4)8-9-19(24)22-13-16(23(2)3)17-7-6-10-27-17/h6-12,16H,5,13H2,1-4H3,(H,22,24). The van der Waals surface area contributed by atoms with Crippen LogP contribution >= 0.6 is 11.6 Å². The minimum atomic E-state index is -0.211. The van der Waals surface area contributed by atoms with Crippen LogP contribution in [0.5, 0.6) is 11.5 Å². The maximum atomic E-state index is 12.2. The van der Waals surface area contributed by atoms with E-state index >= 15 is 0 Å². The van der Waals surface area contributed by atoms with Gasteiger partial charge in [-0.05, 0) is 56.9 Å². The zero-order valence-electron chi connectivity index (χ0n) is 16.0. The van der Waals surface area contributed by atoms with Crippen LogP contribution in [0, 0.1) is 0 Å². The van der Waals surface area contributed by atoms with Crippen molar-refractivity contribution in [1.29, 1.82) is 0 Å². The molecule has 1 N–H and O–H groups in total. The van der Waals surface area contributed by atoms with Crippen molar-refractivity contribution in [2.24, 2.45) is 0 Å². The van der Waals surface area contributed by atoms with Crippen LogP contribution in [0.15, 0.2) is 41.0 Å². The molecule has 0 bridgehead atoms. The smallest absolute Gasteiger partial charge is 0.244 e. The molecule has 1 aromatic heterocycles. The maximum absolute atomic E-state index is 12.2. The number of amides is 1. The molecule has 1 unspecified atom stereocenters. The number of halogens is 1. The Hall–Kier alpha value is -2.44. The summed E-state index contributed by atoms with van der Waals surface area (Å²) in [5, 5.41) is 3.31. The topological polar surface area (TPSA) is 63.9 Å². The summed E-state index contributed by atoms with van der Waals surface area (Å²) >= 11 is 6.25. The Labute approximate surface area is 164 Å². The molecule has 0 aliphatic rings. The van der Waals surface area contributed by atoms with Gasteiger partial charge in [-0.25, -0.2) is 0 Å². The molecule has 2 aromatic rings. The lowest BCUT2D eigenvalue weighted by molar-refractivity contribution is -0.116. The Bertz CT molecular complexity index is 773. The van der Waals surface area contributed by atoms with Gasteiger partial charge in [-0.15, -0.1) is 0 Å². The Morgan fingerprint density at radius 2 is 2.19 bits per heavy atom. The monoisotopic (exact) mass is 392 g/mol. The molecule has 0 spiro atoms. The summed E-state index contributed by atoms with van der Waals surface area (Å²) in [6.07, 6.45) is 4.76. The molecule has 0 fully saturated rings. The zero-order chi connectivity index (χ0) is 19.8. The van der Waals surface area contributed by atoms with Crippen LogP contribution in [0.4, 0.5) is 0 Å². The highest BCUT2D eigenvalue weighted by Gasteiger charge is 2.17. The van der Waals surface area contributed by atoms with E-state index in [1.807, 2.05) is 38.1 Å². The number of hydrogen-bond acceptors (Lipinski definition) is 5. The number of likely N-dealkylation sites (N-methyl/N-ethyl adjacent to an activating group) is 1. The molecule has 1 heterocycles. The minimum Gasteiger partial charge on any atom is -0.493 e. The summed E-state index contributed by atoms with van der Waals surface area (Å²) in [5.41, 5.74) is 0.741. The first-order valence-electron chi connectivity index (χ1n) is 8.62. The second kappa shape index (κ2) is 10.0. The van der Waals surface area contributed by atoms with E-state index in [4.69, 9.17) is 25.5 Å². The third kappa shape index (κ3) is 5.77. The number of ether oxygens (including phenoxy) is 2. The minimum absolute atomic E-state index is 0.0441. The number of carbonyl (C=O) groups excluding carboxylic acids is 1. The molecule has 0 aliphatic carbocycles. The lowest BCUT2D eigenvalue weighted by Gasteiger charge is -2.22. The summed E-state index contributed by atoms with van der Waals surface area (Å²) in [6, 6.07) is 7.17. The molecule has 0 saturated carbocycles. The Balaban J connectivity index is 2.03. The molecule has 1 atom stereocenters. The Morgan fingerprint density at radius 1 is 1.41 bits per heavy atom. The second-order valence-corrected chi connectivity index (χ2v) is 6.45. The summed E-state index contributed by atoms with van der Waals surface area (Å²) < 4.78 is 16.2. The number of methoxy groups -OCH3 is 1. The number of rotatable bonds is 9. The van der Waals surface area contributed by atoms with Crippen LogP contribution in [0.1, 0.15) is 24.3 Å². The van der Waals surface area contributed by atoms with Crippen LogP contribution in [0.25, 0.3) is 6.08 Å². The van der Waals surface area contributed by atoms with Gasteiger partial charge in [-0.3, -0.25) is 9.69 Å². The van der Waals surface area contributed by atoms with Crippen LogP contribution in [-0.2, 0) is 4.79 Å². The van der Waals surface area contributed by atoms with Gasteiger partial charge in [0.25, 0.3) is 0 Å². The van der Waals surface area contributed by atoms with Crippen LogP contribution in [0.2, 0.25) is 5.02 Å². The average Bonchev–Trinajstić information content (AvgIpc) is 3.16. The van der Waals surface area contributed by atoms with Crippen molar-refractivity contribution in [3.05, 3.63) is 53.0 Å². The predicted molar refractivity (Wildman–Crippen MR) is 106 cm³/mol. The van der Waals surface area contributed by atoms with Crippen LogP contribution in [0.3, 0.4) is 0 Å². The Kier molecular flexibility index (Phi) is 7.76. The number of furan rings is 1. The Morgan fingerprint density at radius 3 is 2.78 bits per heavy atom. The molecule has 2 rings (SSSR count). The normalized spacial score (nSPS) is 12.4. The molecule has 7 heteroatoms. The van der Waals surface area contributed by atoms with Gasteiger partial charge in [0.15, 0.2) is 11.5 Å². The van der Waals surface area contributed by atoms with E-state index in [9.17, 15) is 4.79 Å². The molecule has 0 saturated heterocycles. The van der Waals surface area contributed by atoms with E-state index in [0.29, 0.717) is 29.7 Å². The van der Waals surface area contributed by atoms with Crippen molar-refractivity contribution in [2.75, 3.05) is 34.4 Å². The quantitative estimate of drug-likeness (QED) is 0.658. The molecule has 146 valence electrons. The van der Waals surface area contributed by atoms with E-state index in [1.54, 1.807) is 31.6 Å². The molecular formula is C20H25ClN2O4. The van der Waals surface area contributed by atoms with Gasteiger partial charge in [0.2, 0.25) is 5.91 Å². The van der Waals surface area contributed by atoms with Gasteiger partial charge in [0.05, 0.1) is 31.0 Å². The second-order valence-electron chi connectivity index (χ2n) is 6.04. The van der Waals surface area contributed by atoms with Crippen molar-refractivity contribution in [3.8, 4) is 11.5 Å². The van der Waals surface area contributed by atoms with E-state index in [2.05, 4.69) is 5.32 Å². The highest BCUT2D eigenvalue weighted by atomic mass is 35.5. The fourth-order valence-corrected chi connectivity index (χ4v) is 2.84. The molecule has 27 heavy (non-hydrogen) atoms. The average molecular weight is 393 g/mol. The number of hydrogen-bond donors (Lipinski definition) is 1. The number of nitrogens with one attached hydrogen (secondary N) is 1. The highest BCUT2D eigenvalue weighted by Crippen LogP contribution is 2.36. The van der Waals surface area contributed by atoms with E-state index < -0.39 is 0 Å². The first-order valence-corrected chi connectivity index (χ1v) is 9.00. The highest BCUT2D eigenvalue weighted by molar-refractivity contribution is 6.32. The van der Waals surface area contributed by atoms with Crippen LogP contribution in [-0.4, -0.2) is 45.2 Å². The van der Waals surface area contributed by atoms with Gasteiger partial charge < -0.3 is 19.2 Å². The predicted octanol–water partition coefficient (Wildman–Crippen LogP) is 3.77. The fourth-order valence-electron chi connectivity index (χ4n) is 2.57. The van der Waals surface area contributed by atoms with Crippen LogP contribution < -0.4 is 14.8 Å². The summed E-state index contributed by atoms with van der Waals surface area (Å²) in [7, 11) is 5.41. The lowest BCUT2D eigenvalue weighted by atomic mass is 10.1. The van der Waals surface area contributed by atoms with Gasteiger partial charge in [0.1, 0.15) is 5.76 Å². The van der Waals surface area contributed by atoms with Gasteiger partial charge >= 0.3 is 0 Å². The molecule has 1 amide bonds. The third-order valence-corrected chi connectivity index (χ3v) is 4.21. The zero-order valence-corrected chi connectivity index (χ0v) is 16.7. The third-order valence-electron chi connectivity index (χ3n) is 3.93. The number of benzene rings is 1. The summed E-state index contributed by atoms with van der Waals surface area (Å²) in [5.74, 6) is 1.61. The SMILES string of the molecule is CCOc1c(Cl)cc(C=CC(=O)NCC(c2ccco2)N(C)C)cc1OC. The maximum Gasteiger partial charge on any atom is 0.244 e. The summed E-state index contributed by atoms with van der Waals surface area (Å²) in [4.78, 5) is 14.2. The van der Waals surface area contributed by atoms with E-state index in [-0.39, 0.29) is 11.9 Å². The van der Waals surface area contributed by atoms with Crippen molar-refractivity contribution in [2.45, 2.75) is 13.0 Å². The van der Waals surface area contributed by atoms with E-state index in [0.717, 1.165) is 11.3 Å². The van der Waals surface area contributed by atoms with E-state index in [1.165, 1.54) is 6.08 Å². The summed E-state index contributed by atoms with van der Waals surface area (Å²) in [6.45, 7) is 2.78. The molecule has 0 radical (unpaired) electrons. The molecular weight excluding hydrogens is 368 g/mol. The number of carbonyl (C=O) groups is 1. The molecule has 6 nitrogen and oxygen atoms in total. The first kappa shape index (κ1) is 20.9. The first-order chi connectivity index (χ1) is 13.0.